The quantitative estimate of drug-likeness (QED) is 0.791. The third-order valence-corrected chi connectivity index (χ3v) is 4.01. The Morgan fingerprint density at radius 2 is 1.87 bits per heavy atom. The molecule has 0 spiro atoms. The fourth-order valence-electron chi connectivity index (χ4n) is 2.67. The molecule has 23 heavy (non-hydrogen) atoms. The average molecular weight is 377 g/mol. The maximum absolute atomic E-state index is 14.3. The van der Waals surface area contributed by atoms with E-state index in [1.54, 1.807) is 0 Å². The first kappa shape index (κ1) is 20.4. The number of aliphatic hydroxyl groups is 1. The fraction of sp³-hybridized carbons (Fsp3) is 0.571. The van der Waals surface area contributed by atoms with E-state index in [-0.39, 0.29) is 31.0 Å². The molecule has 1 aromatic carbocycles. The first-order valence-electron chi connectivity index (χ1n) is 6.96. The number of nitrogens with one attached hydrogen (secondary N) is 1. The van der Waals surface area contributed by atoms with Gasteiger partial charge in [-0.1, -0.05) is 11.6 Å². The van der Waals surface area contributed by atoms with Crippen molar-refractivity contribution in [2.45, 2.75) is 18.6 Å². The molecule has 0 saturated carbocycles. The zero-order chi connectivity index (χ0) is 16.3. The Hall–Kier alpha value is -0.600. The van der Waals surface area contributed by atoms with Crippen LogP contribution in [0.4, 0.5) is 17.6 Å². The van der Waals surface area contributed by atoms with Gasteiger partial charge in [-0.2, -0.15) is 13.2 Å². The smallest absolute Gasteiger partial charge is 0.396 e. The highest BCUT2D eigenvalue weighted by Gasteiger charge is 2.34. The molecule has 1 saturated heterocycles. The van der Waals surface area contributed by atoms with E-state index in [0.29, 0.717) is 32.2 Å². The Bertz CT molecular complexity index is 522. The third kappa shape index (κ3) is 4.93. The second-order valence-corrected chi connectivity index (χ2v) is 5.58. The van der Waals surface area contributed by atoms with Crippen molar-refractivity contribution in [2.24, 2.45) is 0 Å². The lowest BCUT2D eigenvalue weighted by molar-refractivity contribution is -0.137. The molecule has 0 aromatic heterocycles. The van der Waals surface area contributed by atoms with Gasteiger partial charge in [-0.3, -0.25) is 4.90 Å². The van der Waals surface area contributed by atoms with Crippen LogP contribution in [0.25, 0.3) is 0 Å². The van der Waals surface area contributed by atoms with E-state index in [1.165, 1.54) is 0 Å². The van der Waals surface area contributed by atoms with Gasteiger partial charge in [0, 0.05) is 44.4 Å². The minimum atomic E-state index is -4.60. The van der Waals surface area contributed by atoms with E-state index < -0.39 is 28.6 Å². The Morgan fingerprint density at radius 1 is 1.26 bits per heavy atom. The normalized spacial score (nSPS) is 17.7. The summed E-state index contributed by atoms with van der Waals surface area (Å²) in [6, 6.07) is 0.754. The summed E-state index contributed by atoms with van der Waals surface area (Å²) in [4.78, 5) is 1.86. The summed E-state index contributed by atoms with van der Waals surface area (Å²) >= 11 is 5.64. The fourth-order valence-corrected chi connectivity index (χ4v) is 2.89. The average Bonchev–Trinajstić information content (AvgIpc) is 2.47. The van der Waals surface area contributed by atoms with Gasteiger partial charge in [0.2, 0.25) is 0 Å². The number of benzene rings is 1. The number of piperazine rings is 1. The van der Waals surface area contributed by atoms with Crippen LogP contribution in [0.2, 0.25) is 5.02 Å². The Labute approximate surface area is 143 Å². The number of alkyl halides is 3. The van der Waals surface area contributed by atoms with E-state index in [4.69, 9.17) is 11.6 Å². The molecule has 1 fully saturated rings. The minimum Gasteiger partial charge on any atom is -0.396 e. The van der Waals surface area contributed by atoms with Crippen LogP contribution in [0.3, 0.4) is 0 Å². The highest BCUT2D eigenvalue weighted by molar-refractivity contribution is 6.30. The summed E-state index contributed by atoms with van der Waals surface area (Å²) in [5, 5.41) is 11.8. The second kappa shape index (κ2) is 8.48. The summed E-state index contributed by atoms with van der Waals surface area (Å²) in [7, 11) is 0. The van der Waals surface area contributed by atoms with Crippen molar-refractivity contribution in [2.75, 3.05) is 32.8 Å². The zero-order valence-electron chi connectivity index (χ0n) is 12.2. The van der Waals surface area contributed by atoms with Gasteiger partial charge in [0.25, 0.3) is 0 Å². The predicted octanol–water partition coefficient (Wildman–Crippen LogP) is 3.25. The molecular formula is C14H18Cl2F4N2O. The molecule has 0 aliphatic carbocycles. The molecule has 0 unspecified atom stereocenters. The van der Waals surface area contributed by atoms with E-state index >= 15 is 0 Å². The maximum Gasteiger partial charge on any atom is 0.416 e. The largest absolute Gasteiger partial charge is 0.416 e. The molecule has 3 nitrogen and oxygen atoms in total. The van der Waals surface area contributed by atoms with E-state index in [9.17, 15) is 22.7 Å². The van der Waals surface area contributed by atoms with Gasteiger partial charge >= 0.3 is 6.18 Å². The molecule has 1 aliphatic heterocycles. The van der Waals surface area contributed by atoms with Gasteiger partial charge in [0.15, 0.2) is 0 Å². The molecule has 2 rings (SSSR count). The van der Waals surface area contributed by atoms with Crippen LogP contribution >= 0.6 is 24.0 Å². The molecule has 1 heterocycles. The molecule has 9 heteroatoms. The second-order valence-electron chi connectivity index (χ2n) is 5.17. The third-order valence-electron chi connectivity index (χ3n) is 3.74. The standard InChI is InChI=1S/C14H17ClF4N2O.ClH/c15-11-8-9(14(17,18)19)7-10(13(11)16)12(1-6-22)21-4-2-20-3-5-21;/h7-8,12,20,22H,1-6H2;1H/t12-;/m1./s1. The van der Waals surface area contributed by atoms with Crippen molar-refractivity contribution < 1.29 is 22.7 Å². The number of hydrogen-bond donors (Lipinski definition) is 2. The van der Waals surface area contributed by atoms with E-state index in [1.807, 2.05) is 4.90 Å². The van der Waals surface area contributed by atoms with Crippen LogP contribution < -0.4 is 5.32 Å². The molecule has 2 N–H and O–H groups in total. The van der Waals surface area contributed by atoms with Crippen LogP contribution in [0.5, 0.6) is 0 Å². The van der Waals surface area contributed by atoms with E-state index in [0.717, 1.165) is 6.07 Å². The molecule has 1 aromatic rings. The number of hydrogen-bond acceptors (Lipinski definition) is 3. The molecule has 0 bridgehead atoms. The van der Waals surface area contributed by atoms with Crippen LogP contribution in [0, 0.1) is 5.82 Å². The van der Waals surface area contributed by atoms with Gasteiger partial charge in [-0.05, 0) is 18.6 Å². The van der Waals surface area contributed by atoms with Crippen LogP contribution in [0.15, 0.2) is 12.1 Å². The Balaban J connectivity index is 0.00000264. The highest BCUT2D eigenvalue weighted by Crippen LogP contribution is 2.37. The Morgan fingerprint density at radius 3 is 2.39 bits per heavy atom. The van der Waals surface area contributed by atoms with Gasteiger partial charge < -0.3 is 10.4 Å². The van der Waals surface area contributed by atoms with Crippen molar-refractivity contribution in [3.8, 4) is 0 Å². The van der Waals surface area contributed by atoms with Crippen molar-refractivity contribution >= 4 is 24.0 Å². The monoisotopic (exact) mass is 376 g/mol. The summed E-state index contributed by atoms with van der Waals surface area (Å²) in [5.74, 6) is -0.855. The number of aliphatic hydroxyl groups excluding tert-OH is 1. The lowest BCUT2D eigenvalue weighted by Gasteiger charge is -2.35. The van der Waals surface area contributed by atoms with Gasteiger partial charge in [0.05, 0.1) is 10.6 Å². The van der Waals surface area contributed by atoms with Crippen molar-refractivity contribution in [1.82, 2.24) is 10.2 Å². The summed E-state index contributed by atoms with van der Waals surface area (Å²) in [5.41, 5.74) is -1.09. The topological polar surface area (TPSA) is 35.5 Å². The first-order valence-corrected chi connectivity index (χ1v) is 7.34. The van der Waals surface area contributed by atoms with Crippen LogP contribution in [-0.4, -0.2) is 42.8 Å². The van der Waals surface area contributed by atoms with Gasteiger partial charge in [-0.15, -0.1) is 12.4 Å². The van der Waals surface area contributed by atoms with E-state index in [2.05, 4.69) is 5.32 Å². The molecule has 0 amide bonds. The molecule has 132 valence electrons. The predicted molar refractivity (Wildman–Crippen MR) is 82.5 cm³/mol. The van der Waals surface area contributed by atoms with Crippen LogP contribution in [0.1, 0.15) is 23.6 Å². The number of nitrogens with zero attached hydrogens (tertiary/aromatic N) is 1. The maximum atomic E-state index is 14.3. The summed E-state index contributed by atoms with van der Waals surface area (Å²) in [6.45, 7) is 2.21. The SMILES string of the molecule is Cl.OCC[C@H](c1cc(C(F)(F)F)cc(Cl)c1F)N1CCNCC1. The zero-order valence-corrected chi connectivity index (χ0v) is 13.7. The first-order chi connectivity index (χ1) is 10.3. The van der Waals surface area contributed by atoms with Gasteiger partial charge in [0.1, 0.15) is 5.82 Å². The Kier molecular flexibility index (Phi) is 7.54. The minimum absolute atomic E-state index is 0. The summed E-state index contributed by atoms with van der Waals surface area (Å²) in [6.07, 6.45) is -4.45. The van der Waals surface area contributed by atoms with Crippen LogP contribution in [-0.2, 0) is 6.18 Å². The lowest BCUT2D eigenvalue weighted by atomic mass is 9.98. The van der Waals surface area contributed by atoms with Crippen molar-refractivity contribution in [1.29, 1.82) is 0 Å². The number of rotatable bonds is 4. The molecule has 1 aliphatic rings. The van der Waals surface area contributed by atoms with Gasteiger partial charge in [-0.25, -0.2) is 4.39 Å². The molecule has 1 atom stereocenters. The highest BCUT2D eigenvalue weighted by atomic mass is 35.5. The molecule has 0 radical (unpaired) electrons. The summed E-state index contributed by atoms with van der Waals surface area (Å²) < 4.78 is 53.0. The molecular weight excluding hydrogens is 359 g/mol. The van der Waals surface area contributed by atoms with Crippen molar-refractivity contribution in [3.63, 3.8) is 0 Å². The lowest BCUT2D eigenvalue weighted by Crippen LogP contribution is -2.45. The number of halogens is 6. The van der Waals surface area contributed by atoms with Crippen molar-refractivity contribution in [3.05, 3.63) is 34.1 Å².